The van der Waals surface area contributed by atoms with Gasteiger partial charge in [-0.05, 0) is 5.92 Å². The lowest BCUT2D eigenvalue weighted by Crippen LogP contribution is -2.39. The smallest absolute Gasteiger partial charge is 0.308 e. The molecule has 0 fully saturated rings. The zero-order valence-electron chi connectivity index (χ0n) is 11.6. The van der Waals surface area contributed by atoms with Gasteiger partial charge in [-0.3, -0.25) is 9.59 Å². The summed E-state index contributed by atoms with van der Waals surface area (Å²) in [5, 5.41) is 8.81. The lowest BCUT2D eigenvalue weighted by Gasteiger charge is -2.27. The first-order valence-corrected chi connectivity index (χ1v) is 6.32. The van der Waals surface area contributed by atoms with E-state index in [1.165, 1.54) is 0 Å². The van der Waals surface area contributed by atoms with Crippen molar-refractivity contribution in [3.63, 3.8) is 0 Å². The molecule has 0 aromatic heterocycles. The average molecular weight is 243 g/mol. The zero-order valence-corrected chi connectivity index (χ0v) is 11.6. The highest BCUT2D eigenvalue weighted by atomic mass is 16.4. The minimum atomic E-state index is -0.861. The maximum absolute atomic E-state index is 12.1. The van der Waals surface area contributed by atoms with Gasteiger partial charge in [0.2, 0.25) is 5.91 Å². The highest BCUT2D eigenvalue weighted by Gasteiger charge is 2.25. The van der Waals surface area contributed by atoms with Crippen LogP contribution < -0.4 is 0 Å². The number of carbonyl (C=O) groups excluding carboxylic acids is 1. The number of amides is 1. The minimum Gasteiger partial charge on any atom is -0.481 e. The minimum absolute atomic E-state index is 0.0315. The van der Waals surface area contributed by atoms with Crippen LogP contribution in [0.1, 0.15) is 40.5 Å². The Kier molecular flexibility index (Phi) is 6.85. The highest BCUT2D eigenvalue weighted by molar-refractivity contribution is 5.79. The number of nitrogens with zero attached hydrogens (tertiary/aromatic N) is 1. The molecule has 0 radical (unpaired) electrons. The molecule has 0 aromatic carbocycles. The Balaban J connectivity index is 4.43. The molecule has 1 N–H and O–H groups in total. The Morgan fingerprint density at radius 3 is 2.00 bits per heavy atom. The second-order valence-electron chi connectivity index (χ2n) is 4.82. The average Bonchev–Trinajstić information content (AvgIpc) is 2.28. The molecule has 0 aliphatic carbocycles. The van der Waals surface area contributed by atoms with Crippen LogP contribution in [0.3, 0.4) is 0 Å². The summed E-state index contributed by atoms with van der Waals surface area (Å²) in [6.07, 6.45) is 1.96. The number of aliphatic carboxylic acids is 1. The van der Waals surface area contributed by atoms with E-state index in [-0.39, 0.29) is 18.4 Å². The molecule has 100 valence electrons. The Bertz CT molecular complexity index is 261. The van der Waals surface area contributed by atoms with Crippen LogP contribution in [0.25, 0.3) is 0 Å². The quantitative estimate of drug-likeness (QED) is 0.746. The van der Waals surface area contributed by atoms with Crippen molar-refractivity contribution in [3.8, 4) is 0 Å². The van der Waals surface area contributed by atoms with Gasteiger partial charge in [0.25, 0.3) is 0 Å². The molecule has 0 saturated carbocycles. The van der Waals surface area contributed by atoms with E-state index in [0.29, 0.717) is 5.92 Å². The summed E-state index contributed by atoms with van der Waals surface area (Å²) < 4.78 is 0. The van der Waals surface area contributed by atoms with Crippen molar-refractivity contribution in [1.82, 2.24) is 4.90 Å². The van der Waals surface area contributed by atoms with Gasteiger partial charge >= 0.3 is 5.97 Å². The van der Waals surface area contributed by atoms with E-state index >= 15 is 0 Å². The first-order valence-electron chi connectivity index (χ1n) is 6.32. The molecule has 0 spiro atoms. The Labute approximate surface area is 104 Å². The number of rotatable bonds is 7. The maximum atomic E-state index is 12.1. The second-order valence-corrected chi connectivity index (χ2v) is 4.82. The van der Waals surface area contributed by atoms with Crippen molar-refractivity contribution in [1.29, 1.82) is 0 Å². The molecule has 0 rings (SSSR count). The largest absolute Gasteiger partial charge is 0.481 e. The van der Waals surface area contributed by atoms with Crippen molar-refractivity contribution < 1.29 is 14.7 Å². The third-order valence-electron chi connectivity index (χ3n) is 3.49. The molecule has 17 heavy (non-hydrogen) atoms. The van der Waals surface area contributed by atoms with Gasteiger partial charge in [0.05, 0.1) is 5.92 Å². The zero-order chi connectivity index (χ0) is 13.6. The molecular formula is C13H25NO3. The molecule has 4 heteroatoms. The van der Waals surface area contributed by atoms with E-state index in [4.69, 9.17) is 5.11 Å². The summed E-state index contributed by atoms with van der Waals surface area (Å²) in [6.45, 7) is 7.99. The van der Waals surface area contributed by atoms with E-state index < -0.39 is 11.9 Å². The fourth-order valence-corrected chi connectivity index (χ4v) is 2.12. The second kappa shape index (κ2) is 7.30. The van der Waals surface area contributed by atoms with Crippen LogP contribution in [0.5, 0.6) is 0 Å². The number of hydrogen-bond acceptors (Lipinski definition) is 2. The van der Waals surface area contributed by atoms with Crippen molar-refractivity contribution >= 4 is 11.9 Å². The molecule has 2 atom stereocenters. The predicted molar refractivity (Wildman–Crippen MR) is 67.7 cm³/mol. The first kappa shape index (κ1) is 15.9. The molecule has 4 nitrogen and oxygen atoms in total. The highest BCUT2D eigenvalue weighted by Crippen LogP contribution is 2.21. The number of carbonyl (C=O) groups is 2. The fraction of sp³-hybridized carbons (Fsp3) is 0.846. The molecule has 0 bridgehead atoms. The third-order valence-corrected chi connectivity index (χ3v) is 3.49. The molecule has 1 amide bonds. The molecule has 0 aliphatic heterocycles. The van der Waals surface area contributed by atoms with Crippen LogP contribution >= 0.6 is 0 Å². The van der Waals surface area contributed by atoms with Crippen LogP contribution in [0.4, 0.5) is 0 Å². The van der Waals surface area contributed by atoms with Crippen molar-refractivity contribution in [2.45, 2.75) is 40.5 Å². The van der Waals surface area contributed by atoms with Gasteiger partial charge in [-0.25, -0.2) is 0 Å². The molecule has 0 saturated heterocycles. The van der Waals surface area contributed by atoms with Crippen LogP contribution in [0.15, 0.2) is 0 Å². The molecule has 2 unspecified atom stereocenters. The standard InChI is InChI=1S/C13H25NO3/c1-6-11(7-2)10(4)12(15)14(5)8-9(3)13(16)17/h9-11H,6-8H2,1-5H3,(H,16,17). The monoisotopic (exact) mass is 243 g/mol. The SMILES string of the molecule is CCC(CC)C(C)C(=O)N(C)CC(C)C(=O)O. The Morgan fingerprint density at radius 1 is 1.18 bits per heavy atom. The Hall–Kier alpha value is -1.06. The molecule has 0 aliphatic rings. The Morgan fingerprint density at radius 2 is 1.65 bits per heavy atom. The summed E-state index contributed by atoms with van der Waals surface area (Å²) in [4.78, 5) is 24.4. The van der Waals surface area contributed by atoms with Gasteiger partial charge in [-0.1, -0.05) is 40.5 Å². The van der Waals surface area contributed by atoms with E-state index in [9.17, 15) is 9.59 Å². The number of hydrogen-bond donors (Lipinski definition) is 1. The van der Waals surface area contributed by atoms with Crippen molar-refractivity contribution in [2.75, 3.05) is 13.6 Å². The summed E-state index contributed by atoms with van der Waals surface area (Å²) in [7, 11) is 1.68. The van der Waals surface area contributed by atoms with E-state index in [1.54, 1.807) is 18.9 Å². The van der Waals surface area contributed by atoms with E-state index in [1.807, 2.05) is 6.92 Å². The van der Waals surface area contributed by atoms with Gasteiger partial charge < -0.3 is 10.0 Å². The van der Waals surface area contributed by atoms with Gasteiger partial charge in [0.1, 0.15) is 0 Å². The summed E-state index contributed by atoms with van der Waals surface area (Å²) >= 11 is 0. The fourth-order valence-electron chi connectivity index (χ4n) is 2.12. The number of carboxylic acids is 1. The molecule has 0 heterocycles. The third kappa shape index (κ3) is 4.75. The van der Waals surface area contributed by atoms with Crippen LogP contribution in [0.2, 0.25) is 0 Å². The first-order chi connectivity index (χ1) is 7.84. The van der Waals surface area contributed by atoms with Crippen molar-refractivity contribution in [2.24, 2.45) is 17.8 Å². The lowest BCUT2D eigenvalue weighted by molar-refractivity contribution is -0.143. The lowest BCUT2D eigenvalue weighted by atomic mass is 9.88. The van der Waals surface area contributed by atoms with Crippen LogP contribution in [0, 0.1) is 17.8 Å². The van der Waals surface area contributed by atoms with Crippen molar-refractivity contribution in [3.05, 3.63) is 0 Å². The van der Waals surface area contributed by atoms with Gasteiger partial charge in [-0.15, -0.1) is 0 Å². The van der Waals surface area contributed by atoms with E-state index in [0.717, 1.165) is 12.8 Å². The molecule has 0 aromatic rings. The maximum Gasteiger partial charge on any atom is 0.308 e. The van der Waals surface area contributed by atoms with Crippen LogP contribution in [-0.2, 0) is 9.59 Å². The van der Waals surface area contributed by atoms with Gasteiger partial charge in [0.15, 0.2) is 0 Å². The summed E-state index contributed by atoms with van der Waals surface area (Å²) in [5.74, 6) is -0.981. The normalized spacial score (nSPS) is 14.5. The number of carboxylic acid groups (broad SMARTS) is 1. The summed E-state index contributed by atoms with van der Waals surface area (Å²) in [6, 6.07) is 0. The van der Waals surface area contributed by atoms with E-state index in [2.05, 4.69) is 13.8 Å². The van der Waals surface area contributed by atoms with Crippen LogP contribution in [-0.4, -0.2) is 35.5 Å². The molecular weight excluding hydrogens is 218 g/mol. The predicted octanol–water partition coefficient (Wildman–Crippen LogP) is 2.24. The summed E-state index contributed by atoms with van der Waals surface area (Å²) in [5.41, 5.74) is 0. The van der Waals surface area contributed by atoms with Gasteiger partial charge in [-0.2, -0.15) is 0 Å². The topological polar surface area (TPSA) is 57.6 Å². The van der Waals surface area contributed by atoms with Gasteiger partial charge in [0, 0.05) is 19.5 Å².